The molecule has 3 rings (SSSR count). The molecule has 0 fully saturated rings. The number of aromatic nitrogens is 1. The Hall–Kier alpha value is -2.55. The first-order valence-corrected chi connectivity index (χ1v) is 6.14. The lowest BCUT2D eigenvalue weighted by atomic mass is 10.2. The molecular weight excluding hydrogens is 236 g/mol. The summed E-state index contributed by atoms with van der Waals surface area (Å²) in [5.41, 5.74) is 7.68. The minimum Gasteiger partial charge on any atom is -0.489 e. The molecule has 19 heavy (non-hydrogen) atoms. The van der Waals surface area contributed by atoms with Gasteiger partial charge >= 0.3 is 0 Å². The van der Waals surface area contributed by atoms with E-state index in [1.165, 1.54) is 0 Å². The van der Waals surface area contributed by atoms with Crippen LogP contribution in [0.4, 0.5) is 5.82 Å². The van der Waals surface area contributed by atoms with E-state index in [1.54, 1.807) is 6.07 Å². The molecule has 0 aliphatic carbocycles. The lowest BCUT2D eigenvalue weighted by molar-refractivity contribution is 0.306. The molecule has 3 aromatic rings. The van der Waals surface area contributed by atoms with E-state index in [0.29, 0.717) is 12.4 Å². The third kappa shape index (κ3) is 2.65. The molecule has 2 N–H and O–H groups in total. The molecule has 0 atom stereocenters. The van der Waals surface area contributed by atoms with Crippen LogP contribution in [0.5, 0.6) is 5.75 Å². The predicted octanol–water partition coefficient (Wildman–Crippen LogP) is 3.40. The lowest BCUT2D eigenvalue weighted by Crippen LogP contribution is -1.95. The van der Waals surface area contributed by atoms with Gasteiger partial charge in [0, 0.05) is 11.5 Å². The molecule has 3 nitrogen and oxygen atoms in total. The molecule has 0 bridgehead atoms. The highest BCUT2D eigenvalue weighted by atomic mass is 16.5. The van der Waals surface area contributed by atoms with Crippen LogP contribution in [0.25, 0.3) is 10.9 Å². The predicted molar refractivity (Wildman–Crippen MR) is 76.9 cm³/mol. The monoisotopic (exact) mass is 250 g/mol. The molecule has 0 aliphatic rings. The maximum atomic E-state index is 5.76. The van der Waals surface area contributed by atoms with Crippen molar-refractivity contribution in [3.63, 3.8) is 0 Å². The zero-order valence-corrected chi connectivity index (χ0v) is 10.4. The Morgan fingerprint density at radius 3 is 2.58 bits per heavy atom. The fourth-order valence-electron chi connectivity index (χ4n) is 1.94. The number of fused-ring (bicyclic) bond motifs is 1. The summed E-state index contributed by atoms with van der Waals surface area (Å²) < 4.78 is 5.76. The molecule has 0 unspecified atom stereocenters. The summed E-state index contributed by atoms with van der Waals surface area (Å²) in [6.07, 6.45) is 0. The molecule has 0 aliphatic heterocycles. The molecule has 0 radical (unpaired) electrons. The molecule has 1 aromatic heterocycles. The van der Waals surface area contributed by atoms with Crippen LogP contribution in [-0.4, -0.2) is 4.98 Å². The van der Waals surface area contributed by atoms with Gasteiger partial charge in [-0.25, -0.2) is 4.98 Å². The highest BCUT2D eigenvalue weighted by molar-refractivity contribution is 5.81. The molecule has 3 heteroatoms. The Morgan fingerprint density at radius 1 is 0.947 bits per heavy atom. The van der Waals surface area contributed by atoms with Gasteiger partial charge in [0.1, 0.15) is 18.2 Å². The highest BCUT2D eigenvalue weighted by Crippen LogP contribution is 2.21. The van der Waals surface area contributed by atoms with Crippen LogP contribution in [0.3, 0.4) is 0 Å². The summed E-state index contributed by atoms with van der Waals surface area (Å²) in [6.45, 7) is 0.550. The number of anilines is 1. The van der Waals surface area contributed by atoms with Gasteiger partial charge in [-0.1, -0.05) is 30.3 Å². The van der Waals surface area contributed by atoms with Crippen molar-refractivity contribution >= 4 is 16.7 Å². The van der Waals surface area contributed by atoms with Crippen LogP contribution in [-0.2, 0) is 6.61 Å². The van der Waals surface area contributed by atoms with Gasteiger partial charge in [0.05, 0.1) is 5.52 Å². The number of ether oxygens (including phenoxy) is 1. The minimum atomic E-state index is 0.521. The Kier molecular flexibility index (Phi) is 3.02. The van der Waals surface area contributed by atoms with Crippen LogP contribution >= 0.6 is 0 Å². The average Bonchev–Trinajstić information content (AvgIpc) is 2.46. The Labute approximate surface area is 111 Å². The van der Waals surface area contributed by atoms with Gasteiger partial charge in [-0.05, 0) is 29.8 Å². The standard InChI is InChI=1S/C16H14N2O/c17-16-9-7-13-6-8-14(10-15(13)18-16)19-11-12-4-2-1-3-5-12/h1-10H,11H2,(H2,17,18). The third-order valence-electron chi connectivity index (χ3n) is 2.93. The molecule has 94 valence electrons. The number of hydrogen-bond donors (Lipinski definition) is 1. The van der Waals surface area contributed by atoms with Crippen molar-refractivity contribution in [1.29, 1.82) is 0 Å². The van der Waals surface area contributed by atoms with E-state index in [0.717, 1.165) is 22.2 Å². The van der Waals surface area contributed by atoms with Gasteiger partial charge in [0.2, 0.25) is 0 Å². The summed E-state index contributed by atoms with van der Waals surface area (Å²) in [7, 11) is 0. The number of rotatable bonds is 3. The summed E-state index contributed by atoms with van der Waals surface area (Å²) in [6, 6.07) is 19.7. The van der Waals surface area contributed by atoms with Crippen LogP contribution < -0.4 is 10.5 Å². The fraction of sp³-hybridized carbons (Fsp3) is 0.0625. The van der Waals surface area contributed by atoms with Crippen LogP contribution in [0, 0.1) is 0 Å². The third-order valence-corrected chi connectivity index (χ3v) is 2.93. The molecule has 0 saturated carbocycles. The zero-order valence-electron chi connectivity index (χ0n) is 10.4. The van der Waals surface area contributed by atoms with Crippen molar-refractivity contribution in [3.05, 3.63) is 66.2 Å². The average molecular weight is 250 g/mol. The first kappa shape index (κ1) is 11.5. The van der Waals surface area contributed by atoms with Crippen molar-refractivity contribution in [2.24, 2.45) is 0 Å². The molecule has 0 saturated heterocycles. The first-order chi connectivity index (χ1) is 9.31. The maximum absolute atomic E-state index is 5.76. The van der Waals surface area contributed by atoms with Gasteiger partial charge < -0.3 is 10.5 Å². The van der Waals surface area contributed by atoms with Crippen molar-refractivity contribution in [2.45, 2.75) is 6.61 Å². The van der Waals surface area contributed by atoms with Crippen molar-refractivity contribution in [3.8, 4) is 5.75 Å². The molecule has 0 spiro atoms. The Morgan fingerprint density at radius 2 is 1.74 bits per heavy atom. The number of benzene rings is 2. The van der Waals surface area contributed by atoms with E-state index in [9.17, 15) is 0 Å². The minimum absolute atomic E-state index is 0.521. The van der Waals surface area contributed by atoms with Crippen molar-refractivity contribution < 1.29 is 4.74 Å². The topological polar surface area (TPSA) is 48.1 Å². The summed E-state index contributed by atoms with van der Waals surface area (Å²) >= 11 is 0. The van der Waals surface area contributed by atoms with Crippen molar-refractivity contribution in [1.82, 2.24) is 4.98 Å². The normalized spacial score (nSPS) is 10.5. The second-order valence-corrected chi connectivity index (χ2v) is 4.36. The maximum Gasteiger partial charge on any atom is 0.124 e. The quantitative estimate of drug-likeness (QED) is 0.775. The Balaban J connectivity index is 1.81. The summed E-state index contributed by atoms with van der Waals surface area (Å²) in [4.78, 5) is 4.29. The van der Waals surface area contributed by atoms with E-state index < -0.39 is 0 Å². The van der Waals surface area contributed by atoms with E-state index in [4.69, 9.17) is 10.5 Å². The molecule has 1 heterocycles. The zero-order chi connectivity index (χ0) is 13.1. The Bertz CT molecular complexity index is 695. The summed E-state index contributed by atoms with van der Waals surface area (Å²) in [5, 5.41) is 1.06. The van der Waals surface area contributed by atoms with Gasteiger partial charge in [-0.3, -0.25) is 0 Å². The first-order valence-electron chi connectivity index (χ1n) is 6.14. The van der Waals surface area contributed by atoms with Gasteiger partial charge in [-0.15, -0.1) is 0 Å². The van der Waals surface area contributed by atoms with Crippen LogP contribution in [0.1, 0.15) is 5.56 Å². The number of nitrogen functional groups attached to an aromatic ring is 1. The largest absolute Gasteiger partial charge is 0.489 e. The second kappa shape index (κ2) is 4.98. The van der Waals surface area contributed by atoms with Crippen LogP contribution in [0.15, 0.2) is 60.7 Å². The molecule has 0 amide bonds. The van der Waals surface area contributed by atoms with E-state index in [2.05, 4.69) is 4.98 Å². The number of hydrogen-bond acceptors (Lipinski definition) is 3. The number of pyridine rings is 1. The molecule has 2 aromatic carbocycles. The lowest BCUT2D eigenvalue weighted by Gasteiger charge is -2.07. The van der Waals surface area contributed by atoms with Gasteiger partial charge in [-0.2, -0.15) is 0 Å². The van der Waals surface area contributed by atoms with Crippen LogP contribution in [0.2, 0.25) is 0 Å². The smallest absolute Gasteiger partial charge is 0.124 e. The SMILES string of the molecule is Nc1ccc2ccc(OCc3ccccc3)cc2n1. The van der Waals surface area contributed by atoms with Gasteiger partial charge in [0.15, 0.2) is 0 Å². The summed E-state index contributed by atoms with van der Waals surface area (Å²) in [5.74, 6) is 1.32. The second-order valence-electron chi connectivity index (χ2n) is 4.36. The number of nitrogens with two attached hydrogens (primary N) is 1. The van der Waals surface area contributed by atoms with Gasteiger partial charge in [0.25, 0.3) is 0 Å². The van der Waals surface area contributed by atoms with Crippen molar-refractivity contribution in [2.75, 3.05) is 5.73 Å². The highest BCUT2D eigenvalue weighted by Gasteiger charge is 2.00. The number of nitrogens with zero attached hydrogens (tertiary/aromatic N) is 1. The van der Waals surface area contributed by atoms with E-state index in [-0.39, 0.29) is 0 Å². The van der Waals surface area contributed by atoms with E-state index in [1.807, 2.05) is 54.6 Å². The molecular formula is C16H14N2O. The van der Waals surface area contributed by atoms with E-state index >= 15 is 0 Å². The fourth-order valence-corrected chi connectivity index (χ4v) is 1.94.